The monoisotopic (exact) mass is 209 g/mol. The fraction of sp³-hybridized carbons (Fsp3) is 0.833. The lowest BCUT2D eigenvalue weighted by atomic mass is 9.98. The number of hydrogen-bond acceptors (Lipinski definition) is 4. The van der Waals surface area contributed by atoms with Gasteiger partial charge >= 0.3 is 0 Å². The first-order valence-corrected chi connectivity index (χ1v) is 4.87. The molecule has 0 bridgehead atoms. The summed E-state index contributed by atoms with van der Waals surface area (Å²) < 4.78 is 23.5. The first-order chi connectivity index (χ1) is 6.13. The summed E-state index contributed by atoms with van der Waals surface area (Å²) in [6.45, 7) is 0.499. The van der Waals surface area contributed by atoms with Gasteiger partial charge in [0.2, 0.25) is 0 Å². The summed E-state index contributed by atoms with van der Waals surface area (Å²) in [6.07, 6.45) is 0.283. The van der Waals surface area contributed by atoms with Crippen LogP contribution >= 0.6 is 0 Å². The number of carbonyl (C=O) groups excluding carboxylic acids is 1. The molecule has 1 amide bonds. The van der Waals surface area contributed by atoms with Crippen LogP contribution in [0.15, 0.2) is 0 Å². The van der Waals surface area contributed by atoms with Gasteiger partial charge in [0.05, 0.1) is 0 Å². The normalized spacial score (nSPS) is 23.5. The molecule has 0 aliphatic carbocycles. The van der Waals surface area contributed by atoms with Crippen LogP contribution in [0.25, 0.3) is 0 Å². The molecule has 76 valence electrons. The van der Waals surface area contributed by atoms with Crippen molar-refractivity contribution >= 4 is 17.0 Å². The van der Waals surface area contributed by atoms with E-state index in [4.69, 9.17) is 14.5 Å². The van der Waals surface area contributed by atoms with Gasteiger partial charge in [-0.25, -0.2) is 9.69 Å². The van der Waals surface area contributed by atoms with Crippen molar-refractivity contribution in [2.24, 2.45) is 0 Å². The third kappa shape index (κ3) is 1.88. The summed E-state index contributed by atoms with van der Waals surface area (Å²) in [5.41, 5.74) is 1.41. The zero-order valence-corrected chi connectivity index (χ0v) is 7.67. The Kier molecular flexibility index (Phi) is 3.37. The molecule has 6 nitrogen and oxygen atoms in total. The Morgan fingerprint density at radius 2 is 2.00 bits per heavy atom. The summed E-state index contributed by atoms with van der Waals surface area (Å²) >= 11 is -2.29. The molecular formula is C6H11NO5S. The van der Waals surface area contributed by atoms with Crippen LogP contribution in [0.1, 0.15) is 12.8 Å². The summed E-state index contributed by atoms with van der Waals surface area (Å²) in [4.78, 5) is 11.2. The molecule has 1 rings (SSSR count). The molecule has 0 aromatic rings. The third-order valence-electron chi connectivity index (χ3n) is 2.15. The van der Waals surface area contributed by atoms with E-state index >= 15 is 0 Å². The second-order valence-electron chi connectivity index (χ2n) is 2.80. The smallest absolute Gasteiger partial charge is 0.264 e. The molecule has 1 fully saturated rings. The second-order valence-corrected chi connectivity index (χ2v) is 4.08. The van der Waals surface area contributed by atoms with Gasteiger partial charge in [-0.3, -0.25) is 10.0 Å². The van der Waals surface area contributed by atoms with E-state index in [2.05, 4.69) is 0 Å². The van der Waals surface area contributed by atoms with Gasteiger partial charge in [0.1, 0.15) is 0 Å². The molecule has 0 saturated carbocycles. The van der Waals surface area contributed by atoms with Gasteiger partial charge in [-0.1, -0.05) is 0 Å². The first-order valence-electron chi connectivity index (χ1n) is 3.77. The Morgan fingerprint density at radius 3 is 2.38 bits per heavy atom. The van der Waals surface area contributed by atoms with E-state index in [0.717, 1.165) is 0 Å². The van der Waals surface area contributed by atoms with Crippen molar-refractivity contribution in [3.63, 3.8) is 0 Å². The number of hydroxylamine groups is 1. The van der Waals surface area contributed by atoms with Crippen molar-refractivity contribution in [3.8, 4) is 0 Å². The summed E-state index contributed by atoms with van der Waals surface area (Å²) in [7, 11) is 0. The van der Waals surface area contributed by atoms with Crippen molar-refractivity contribution in [3.05, 3.63) is 0 Å². The Labute approximate surface area is 77.5 Å². The fourth-order valence-electron chi connectivity index (χ4n) is 1.28. The van der Waals surface area contributed by atoms with Crippen molar-refractivity contribution < 1.29 is 23.5 Å². The van der Waals surface area contributed by atoms with Gasteiger partial charge in [-0.2, -0.15) is 0 Å². The van der Waals surface area contributed by atoms with Crippen LogP contribution in [0.3, 0.4) is 0 Å². The topological polar surface area (TPSA) is 95.9 Å². The van der Waals surface area contributed by atoms with Crippen molar-refractivity contribution in [2.45, 2.75) is 17.6 Å². The van der Waals surface area contributed by atoms with E-state index < -0.39 is 21.7 Å². The Balaban J connectivity index is 2.85. The standard InChI is InChI=1S/C6H11NO5S/c8-5(7-9)6(13(10)11)1-3-12-4-2-6/h9H,1-4H2,(H,7,8)(H,10,11). The first kappa shape index (κ1) is 10.6. The van der Waals surface area contributed by atoms with Crippen LogP contribution in [-0.4, -0.2) is 37.8 Å². The lowest BCUT2D eigenvalue weighted by Gasteiger charge is -2.30. The second kappa shape index (κ2) is 4.14. The van der Waals surface area contributed by atoms with E-state index in [1.54, 1.807) is 0 Å². The number of hydrogen-bond donors (Lipinski definition) is 3. The van der Waals surface area contributed by atoms with Gasteiger partial charge < -0.3 is 9.29 Å². The Hall–Kier alpha value is -0.500. The van der Waals surface area contributed by atoms with E-state index in [0.29, 0.717) is 0 Å². The van der Waals surface area contributed by atoms with Crippen LogP contribution < -0.4 is 5.48 Å². The summed E-state index contributed by atoms with van der Waals surface area (Å²) in [5, 5.41) is 8.42. The molecule has 1 heterocycles. The van der Waals surface area contributed by atoms with Gasteiger partial charge in [0.15, 0.2) is 15.8 Å². The molecule has 0 radical (unpaired) electrons. The molecular weight excluding hydrogens is 198 g/mol. The third-order valence-corrected chi connectivity index (χ3v) is 3.41. The Morgan fingerprint density at radius 1 is 1.46 bits per heavy atom. The van der Waals surface area contributed by atoms with Gasteiger partial charge in [-0.15, -0.1) is 0 Å². The maximum absolute atomic E-state index is 11.2. The van der Waals surface area contributed by atoms with E-state index in [-0.39, 0.29) is 26.1 Å². The maximum atomic E-state index is 11.2. The molecule has 0 aromatic carbocycles. The molecule has 13 heavy (non-hydrogen) atoms. The minimum absolute atomic E-state index is 0.141. The number of carbonyl (C=O) groups is 1. The fourth-order valence-corrected chi connectivity index (χ4v) is 2.00. The molecule has 1 unspecified atom stereocenters. The molecule has 0 aromatic heterocycles. The predicted octanol–water partition coefficient (Wildman–Crippen LogP) is -0.737. The molecule has 0 spiro atoms. The SMILES string of the molecule is O=C(NO)C1(S(=O)O)CCOCC1. The Bertz CT molecular complexity index is 225. The van der Waals surface area contributed by atoms with Crippen molar-refractivity contribution in [1.29, 1.82) is 0 Å². The molecule has 1 aliphatic rings. The quantitative estimate of drug-likeness (QED) is 0.316. The van der Waals surface area contributed by atoms with Gasteiger partial charge in [-0.05, 0) is 12.8 Å². The molecule has 1 saturated heterocycles. The summed E-state index contributed by atoms with van der Waals surface area (Å²) in [6, 6.07) is 0. The highest BCUT2D eigenvalue weighted by molar-refractivity contribution is 7.81. The highest BCUT2D eigenvalue weighted by Crippen LogP contribution is 2.26. The van der Waals surface area contributed by atoms with Crippen LogP contribution in [0.4, 0.5) is 0 Å². The average molecular weight is 209 g/mol. The van der Waals surface area contributed by atoms with Gasteiger partial charge in [0.25, 0.3) is 5.91 Å². The minimum atomic E-state index is -2.29. The number of rotatable bonds is 2. The number of ether oxygens (including phenoxy) is 1. The molecule has 1 atom stereocenters. The van der Waals surface area contributed by atoms with Crippen LogP contribution in [0.2, 0.25) is 0 Å². The van der Waals surface area contributed by atoms with Crippen LogP contribution in [-0.2, 0) is 20.6 Å². The highest BCUT2D eigenvalue weighted by Gasteiger charge is 2.45. The zero-order chi connectivity index (χ0) is 9.90. The summed E-state index contributed by atoms with van der Waals surface area (Å²) in [5.74, 6) is -0.823. The molecule has 7 heteroatoms. The molecule has 3 N–H and O–H groups in total. The largest absolute Gasteiger partial charge is 0.381 e. The lowest BCUT2D eigenvalue weighted by molar-refractivity contribution is -0.134. The van der Waals surface area contributed by atoms with E-state index in [9.17, 15) is 9.00 Å². The van der Waals surface area contributed by atoms with E-state index in [1.165, 1.54) is 5.48 Å². The van der Waals surface area contributed by atoms with E-state index in [1.807, 2.05) is 0 Å². The van der Waals surface area contributed by atoms with Gasteiger partial charge in [0, 0.05) is 13.2 Å². The zero-order valence-electron chi connectivity index (χ0n) is 6.86. The maximum Gasteiger partial charge on any atom is 0.264 e. The highest BCUT2D eigenvalue weighted by atomic mass is 32.2. The number of nitrogens with one attached hydrogen (secondary N) is 1. The predicted molar refractivity (Wildman–Crippen MR) is 43.5 cm³/mol. The number of amides is 1. The van der Waals surface area contributed by atoms with Crippen LogP contribution in [0.5, 0.6) is 0 Å². The van der Waals surface area contributed by atoms with Crippen LogP contribution in [0, 0.1) is 0 Å². The van der Waals surface area contributed by atoms with Crippen molar-refractivity contribution in [2.75, 3.05) is 13.2 Å². The minimum Gasteiger partial charge on any atom is -0.381 e. The molecule has 1 aliphatic heterocycles. The van der Waals surface area contributed by atoms with Crippen molar-refractivity contribution in [1.82, 2.24) is 5.48 Å². The average Bonchev–Trinajstić information content (AvgIpc) is 2.17. The lowest BCUT2D eigenvalue weighted by Crippen LogP contribution is -2.52.